The van der Waals surface area contributed by atoms with E-state index < -0.39 is 5.82 Å². The number of hydrogen-bond donors (Lipinski definition) is 1. The van der Waals surface area contributed by atoms with Gasteiger partial charge in [-0.05, 0) is 29.8 Å². The minimum Gasteiger partial charge on any atom is -0.489 e. The molecule has 0 radical (unpaired) electrons. The number of fused-ring (bicyclic) bond motifs is 1. The lowest BCUT2D eigenvalue weighted by Crippen LogP contribution is -2.20. The van der Waals surface area contributed by atoms with Crippen molar-refractivity contribution in [1.82, 2.24) is 0 Å². The first-order valence-electron chi connectivity index (χ1n) is 6.76. The predicted octanol–water partition coefficient (Wildman–Crippen LogP) is 2.68. The van der Waals surface area contributed by atoms with Gasteiger partial charge in [-0.3, -0.25) is 0 Å². The maximum Gasteiger partial charge on any atom is 0.165 e. The van der Waals surface area contributed by atoms with E-state index >= 15 is 0 Å². The summed E-state index contributed by atoms with van der Waals surface area (Å²) in [5.74, 6) is 1.20. The molecule has 0 saturated heterocycles. The molecule has 1 unspecified atom stereocenters. The summed E-state index contributed by atoms with van der Waals surface area (Å²) < 4.78 is 29.9. The van der Waals surface area contributed by atoms with Gasteiger partial charge in [0, 0.05) is 0 Å². The quantitative estimate of drug-likeness (QED) is 0.940. The predicted molar refractivity (Wildman–Crippen MR) is 76.3 cm³/mol. The average Bonchev–Trinajstić information content (AvgIpc) is 2.53. The molecule has 0 aromatic heterocycles. The standard InChI is InChI=1S/C16H16FNO3/c17-12-3-1-2-4-14(12)21-10-13(18)11-5-6-15-16(9-11)20-8-7-19-15/h1-6,9,13H,7-8,10,18H2. The molecule has 0 aliphatic carbocycles. The van der Waals surface area contributed by atoms with E-state index in [-0.39, 0.29) is 18.4 Å². The zero-order valence-corrected chi connectivity index (χ0v) is 11.4. The van der Waals surface area contributed by atoms with Gasteiger partial charge in [0.05, 0.1) is 6.04 Å². The number of rotatable bonds is 4. The van der Waals surface area contributed by atoms with Gasteiger partial charge in [0.25, 0.3) is 0 Å². The zero-order valence-electron chi connectivity index (χ0n) is 11.4. The molecule has 0 bridgehead atoms. The Kier molecular flexibility index (Phi) is 3.92. The number of ether oxygens (including phenoxy) is 3. The van der Waals surface area contributed by atoms with Gasteiger partial charge >= 0.3 is 0 Å². The fourth-order valence-corrected chi connectivity index (χ4v) is 2.13. The summed E-state index contributed by atoms with van der Waals surface area (Å²) >= 11 is 0. The summed E-state index contributed by atoms with van der Waals surface area (Å²) in [6.45, 7) is 1.26. The molecule has 0 spiro atoms. The van der Waals surface area contributed by atoms with Crippen molar-refractivity contribution in [2.45, 2.75) is 6.04 Å². The van der Waals surface area contributed by atoms with Gasteiger partial charge in [0.2, 0.25) is 0 Å². The van der Waals surface area contributed by atoms with Crippen LogP contribution in [0.2, 0.25) is 0 Å². The third kappa shape index (κ3) is 3.08. The first-order valence-corrected chi connectivity index (χ1v) is 6.76. The second-order valence-electron chi connectivity index (χ2n) is 4.75. The van der Waals surface area contributed by atoms with Crippen molar-refractivity contribution in [3.05, 3.63) is 53.8 Å². The molecule has 0 fully saturated rings. The van der Waals surface area contributed by atoms with Gasteiger partial charge < -0.3 is 19.9 Å². The van der Waals surface area contributed by atoms with E-state index in [1.54, 1.807) is 18.2 Å². The third-order valence-electron chi connectivity index (χ3n) is 3.25. The molecule has 2 aromatic carbocycles. The molecule has 1 atom stereocenters. The van der Waals surface area contributed by atoms with E-state index in [4.69, 9.17) is 19.9 Å². The fourth-order valence-electron chi connectivity index (χ4n) is 2.13. The molecular weight excluding hydrogens is 273 g/mol. The lowest BCUT2D eigenvalue weighted by atomic mass is 10.1. The van der Waals surface area contributed by atoms with Crippen LogP contribution < -0.4 is 19.9 Å². The second-order valence-corrected chi connectivity index (χ2v) is 4.75. The number of hydrogen-bond acceptors (Lipinski definition) is 4. The lowest BCUT2D eigenvalue weighted by molar-refractivity contribution is 0.171. The first-order chi connectivity index (χ1) is 10.2. The van der Waals surface area contributed by atoms with Gasteiger partial charge in [0.15, 0.2) is 23.1 Å². The maximum atomic E-state index is 13.5. The molecule has 3 rings (SSSR count). The van der Waals surface area contributed by atoms with Crippen molar-refractivity contribution in [1.29, 1.82) is 0 Å². The van der Waals surface area contributed by atoms with Crippen LogP contribution in [-0.2, 0) is 0 Å². The van der Waals surface area contributed by atoms with Crippen molar-refractivity contribution in [3.63, 3.8) is 0 Å². The lowest BCUT2D eigenvalue weighted by Gasteiger charge is -2.20. The largest absolute Gasteiger partial charge is 0.489 e. The minimum atomic E-state index is -0.396. The molecule has 110 valence electrons. The summed E-state index contributed by atoms with van der Waals surface area (Å²) in [5.41, 5.74) is 6.94. The van der Waals surface area contributed by atoms with Crippen LogP contribution in [0.3, 0.4) is 0 Å². The van der Waals surface area contributed by atoms with Gasteiger partial charge in [-0.25, -0.2) is 4.39 Å². The maximum absolute atomic E-state index is 13.5. The van der Waals surface area contributed by atoms with Crippen LogP contribution in [0, 0.1) is 5.82 Å². The Bertz CT molecular complexity index is 633. The Hall–Kier alpha value is -2.27. The number of para-hydroxylation sites is 1. The van der Waals surface area contributed by atoms with Crippen LogP contribution in [0.1, 0.15) is 11.6 Å². The van der Waals surface area contributed by atoms with Gasteiger partial charge in [-0.15, -0.1) is 0 Å². The summed E-state index contributed by atoms with van der Waals surface area (Å²) in [6.07, 6.45) is 0. The van der Waals surface area contributed by atoms with Crippen molar-refractivity contribution < 1.29 is 18.6 Å². The molecule has 5 heteroatoms. The smallest absolute Gasteiger partial charge is 0.165 e. The molecule has 0 saturated carbocycles. The Morgan fingerprint density at radius 3 is 2.67 bits per heavy atom. The normalized spacial score (nSPS) is 14.6. The summed E-state index contributed by atoms with van der Waals surface area (Å²) in [7, 11) is 0. The van der Waals surface area contributed by atoms with Crippen LogP contribution in [0.25, 0.3) is 0 Å². The van der Waals surface area contributed by atoms with E-state index in [2.05, 4.69) is 0 Å². The highest BCUT2D eigenvalue weighted by Gasteiger charge is 2.15. The first kappa shape index (κ1) is 13.7. The molecule has 1 aliphatic rings. The minimum absolute atomic E-state index is 0.181. The highest BCUT2D eigenvalue weighted by Crippen LogP contribution is 2.32. The van der Waals surface area contributed by atoms with Crippen LogP contribution in [0.5, 0.6) is 17.2 Å². The Balaban J connectivity index is 1.68. The SMILES string of the molecule is NC(COc1ccccc1F)c1ccc2c(c1)OCCO2. The summed E-state index contributed by atoms with van der Waals surface area (Å²) in [4.78, 5) is 0. The van der Waals surface area contributed by atoms with Gasteiger partial charge in [0.1, 0.15) is 19.8 Å². The fraction of sp³-hybridized carbons (Fsp3) is 0.250. The molecule has 4 nitrogen and oxygen atoms in total. The Morgan fingerprint density at radius 1 is 1.10 bits per heavy atom. The highest BCUT2D eigenvalue weighted by molar-refractivity contribution is 5.44. The molecule has 21 heavy (non-hydrogen) atoms. The highest BCUT2D eigenvalue weighted by atomic mass is 19.1. The monoisotopic (exact) mass is 289 g/mol. The van der Waals surface area contributed by atoms with Gasteiger partial charge in [-0.1, -0.05) is 18.2 Å². The number of nitrogens with two attached hydrogens (primary N) is 1. The van der Waals surface area contributed by atoms with Crippen LogP contribution >= 0.6 is 0 Å². The van der Waals surface area contributed by atoms with Gasteiger partial charge in [-0.2, -0.15) is 0 Å². The number of benzene rings is 2. The van der Waals surface area contributed by atoms with Crippen LogP contribution in [-0.4, -0.2) is 19.8 Å². The van der Waals surface area contributed by atoms with E-state index in [0.29, 0.717) is 24.7 Å². The Labute approximate surface area is 122 Å². The molecule has 1 aliphatic heterocycles. The molecular formula is C16H16FNO3. The van der Waals surface area contributed by atoms with Crippen LogP contribution in [0.4, 0.5) is 4.39 Å². The second kappa shape index (κ2) is 6.01. The summed E-state index contributed by atoms with van der Waals surface area (Å²) in [5, 5.41) is 0. The van der Waals surface area contributed by atoms with E-state index in [1.165, 1.54) is 6.07 Å². The topological polar surface area (TPSA) is 53.7 Å². The average molecular weight is 289 g/mol. The van der Waals surface area contributed by atoms with Crippen molar-refractivity contribution in [2.75, 3.05) is 19.8 Å². The van der Waals surface area contributed by atoms with Crippen molar-refractivity contribution in [3.8, 4) is 17.2 Å². The van der Waals surface area contributed by atoms with Crippen molar-refractivity contribution >= 4 is 0 Å². The molecule has 0 amide bonds. The molecule has 1 heterocycles. The molecule has 2 N–H and O–H groups in total. The van der Waals surface area contributed by atoms with E-state index in [1.807, 2.05) is 18.2 Å². The van der Waals surface area contributed by atoms with Crippen molar-refractivity contribution in [2.24, 2.45) is 5.73 Å². The van der Waals surface area contributed by atoms with Crippen LogP contribution in [0.15, 0.2) is 42.5 Å². The number of halogens is 1. The van der Waals surface area contributed by atoms with E-state index in [9.17, 15) is 4.39 Å². The third-order valence-corrected chi connectivity index (χ3v) is 3.25. The summed E-state index contributed by atoms with van der Waals surface area (Å²) in [6, 6.07) is 11.4. The Morgan fingerprint density at radius 2 is 1.86 bits per heavy atom. The zero-order chi connectivity index (χ0) is 14.7. The molecule has 2 aromatic rings. The van der Waals surface area contributed by atoms with E-state index in [0.717, 1.165) is 5.56 Å².